The van der Waals surface area contributed by atoms with Gasteiger partial charge in [0.25, 0.3) is 0 Å². The summed E-state index contributed by atoms with van der Waals surface area (Å²) in [7, 11) is 0.967. The molecule has 0 radical (unpaired) electrons. The first kappa shape index (κ1) is 20.7. The Morgan fingerprint density at radius 1 is 1.28 bits per heavy atom. The van der Waals surface area contributed by atoms with Crippen molar-refractivity contribution in [3.63, 3.8) is 0 Å². The Morgan fingerprint density at radius 2 is 1.96 bits per heavy atom. The molecule has 1 spiro atoms. The lowest BCUT2D eigenvalue weighted by molar-refractivity contribution is -0.145. The highest BCUT2D eigenvalue weighted by Crippen LogP contribution is 2.53. The lowest BCUT2D eigenvalue weighted by Gasteiger charge is -2.57. The molecule has 2 aliphatic carbocycles. The van der Waals surface area contributed by atoms with Gasteiger partial charge in [0.2, 0.25) is 0 Å². The molecule has 0 aliphatic heterocycles. The first-order valence-electron chi connectivity index (χ1n) is 9.80. The Hall–Kier alpha value is -0.620. The lowest BCUT2D eigenvalue weighted by atomic mass is 9.55. The molecule has 2 rings (SSSR count). The fourth-order valence-electron chi connectivity index (χ4n) is 4.19. The van der Waals surface area contributed by atoms with E-state index in [1.807, 2.05) is 27.8 Å². The number of nitrogens with zero attached hydrogens (tertiary/aromatic N) is 1. The van der Waals surface area contributed by atoms with Gasteiger partial charge in [0, 0.05) is 53.0 Å². The third-order valence-electron chi connectivity index (χ3n) is 5.73. The van der Waals surface area contributed by atoms with Crippen LogP contribution < -0.4 is 10.6 Å². The Kier molecular flexibility index (Phi) is 7.32. The zero-order valence-electron chi connectivity index (χ0n) is 16.7. The predicted molar refractivity (Wildman–Crippen MR) is 107 cm³/mol. The quantitative estimate of drug-likeness (QED) is 0.557. The van der Waals surface area contributed by atoms with Crippen molar-refractivity contribution in [1.29, 1.82) is 0 Å². The molecule has 2 saturated carbocycles. The first-order chi connectivity index (χ1) is 11.8. The van der Waals surface area contributed by atoms with Crippen molar-refractivity contribution >= 4 is 16.8 Å². The van der Waals surface area contributed by atoms with Crippen molar-refractivity contribution in [3.8, 4) is 0 Å². The summed E-state index contributed by atoms with van der Waals surface area (Å²) in [6.07, 6.45) is 7.90. The minimum atomic E-state index is -0.841. The molecule has 0 heterocycles. The maximum absolute atomic E-state index is 12.2. The largest absolute Gasteiger partial charge is 0.378 e. The summed E-state index contributed by atoms with van der Waals surface area (Å²) in [4.78, 5) is 4.37. The van der Waals surface area contributed by atoms with E-state index in [9.17, 15) is 4.21 Å². The molecule has 0 aromatic carbocycles. The van der Waals surface area contributed by atoms with Crippen LogP contribution in [0.25, 0.3) is 0 Å². The molecule has 5 nitrogen and oxygen atoms in total. The summed E-state index contributed by atoms with van der Waals surface area (Å²) < 4.78 is 18.0. The Labute approximate surface area is 156 Å². The lowest BCUT2D eigenvalue weighted by Crippen LogP contribution is -2.66. The summed E-state index contributed by atoms with van der Waals surface area (Å²) in [5.41, 5.74) is 0.278. The summed E-state index contributed by atoms with van der Waals surface area (Å²) in [6, 6.07) is 0.434. The fraction of sp³-hybridized carbons (Fsp3) is 0.947. The number of rotatable bonds is 6. The van der Waals surface area contributed by atoms with Crippen molar-refractivity contribution in [2.45, 2.75) is 83.1 Å². The second-order valence-electron chi connectivity index (χ2n) is 8.33. The standard InChI is InChI=1S/C19H37N3O2S/c1-6-24-16-14-15(19(16)10-8-7-9-11-19)22-17(20-5)21-12-13-25(23)18(2,3)4/h15-16H,6-14H2,1-5H3,(H2,20,21,22). The van der Waals surface area contributed by atoms with E-state index in [4.69, 9.17) is 4.74 Å². The van der Waals surface area contributed by atoms with E-state index in [1.54, 1.807) is 0 Å². The fourth-order valence-corrected chi connectivity index (χ4v) is 5.09. The van der Waals surface area contributed by atoms with Crippen molar-refractivity contribution < 1.29 is 8.95 Å². The third kappa shape index (κ3) is 4.97. The average molecular weight is 372 g/mol. The maximum Gasteiger partial charge on any atom is 0.191 e. The van der Waals surface area contributed by atoms with Gasteiger partial charge < -0.3 is 15.4 Å². The number of nitrogens with one attached hydrogen (secondary N) is 2. The highest BCUT2D eigenvalue weighted by atomic mass is 32.2. The van der Waals surface area contributed by atoms with Gasteiger partial charge in [-0.25, -0.2) is 0 Å². The van der Waals surface area contributed by atoms with Crippen molar-refractivity contribution in [2.75, 3.05) is 26.0 Å². The molecular weight excluding hydrogens is 334 g/mol. The number of hydrogen-bond donors (Lipinski definition) is 2. The second-order valence-corrected chi connectivity index (χ2v) is 10.7. The van der Waals surface area contributed by atoms with Gasteiger partial charge in [-0.3, -0.25) is 9.20 Å². The number of guanidine groups is 1. The van der Waals surface area contributed by atoms with Gasteiger partial charge in [0.05, 0.1) is 6.10 Å². The van der Waals surface area contributed by atoms with Crippen LogP contribution in [-0.4, -0.2) is 53.0 Å². The Balaban J connectivity index is 1.87. The summed E-state index contributed by atoms with van der Waals surface area (Å²) in [6.45, 7) is 9.62. The number of ether oxygens (including phenoxy) is 1. The van der Waals surface area contributed by atoms with Crippen molar-refractivity contribution in [3.05, 3.63) is 0 Å². The van der Waals surface area contributed by atoms with Crippen molar-refractivity contribution in [1.82, 2.24) is 10.6 Å². The minimum absolute atomic E-state index is 0.163. The minimum Gasteiger partial charge on any atom is -0.378 e. The smallest absolute Gasteiger partial charge is 0.191 e. The first-order valence-corrected chi connectivity index (χ1v) is 11.1. The molecule has 3 unspecified atom stereocenters. The van der Waals surface area contributed by atoms with Gasteiger partial charge in [-0.05, 0) is 47.0 Å². The highest BCUT2D eigenvalue weighted by molar-refractivity contribution is 7.86. The molecule has 0 bridgehead atoms. The zero-order valence-corrected chi connectivity index (χ0v) is 17.5. The molecule has 25 heavy (non-hydrogen) atoms. The highest BCUT2D eigenvalue weighted by Gasteiger charge is 2.55. The van der Waals surface area contributed by atoms with E-state index in [2.05, 4.69) is 22.5 Å². The normalized spacial score (nSPS) is 27.6. The molecule has 0 amide bonds. The number of hydrogen-bond acceptors (Lipinski definition) is 3. The topological polar surface area (TPSA) is 62.7 Å². The molecule has 0 saturated heterocycles. The van der Waals surface area contributed by atoms with Crippen LogP contribution in [-0.2, 0) is 15.5 Å². The molecule has 2 aliphatic rings. The predicted octanol–water partition coefficient (Wildman–Crippen LogP) is 2.83. The van der Waals surface area contributed by atoms with E-state index < -0.39 is 10.8 Å². The molecule has 2 fully saturated rings. The van der Waals surface area contributed by atoms with Crippen LogP contribution in [0.15, 0.2) is 4.99 Å². The van der Waals surface area contributed by atoms with Crippen LogP contribution in [0.1, 0.15) is 66.2 Å². The molecule has 3 atom stereocenters. The second kappa shape index (κ2) is 8.85. The average Bonchev–Trinajstić information content (AvgIpc) is 2.59. The van der Waals surface area contributed by atoms with Crippen molar-refractivity contribution in [2.24, 2.45) is 10.4 Å². The van der Waals surface area contributed by atoms with E-state index in [0.717, 1.165) is 19.0 Å². The third-order valence-corrected chi connectivity index (χ3v) is 7.68. The van der Waals surface area contributed by atoms with E-state index >= 15 is 0 Å². The summed E-state index contributed by atoms with van der Waals surface area (Å²) >= 11 is 0. The van der Waals surface area contributed by atoms with Gasteiger partial charge in [-0.15, -0.1) is 0 Å². The van der Waals surface area contributed by atoms with Crippen LogP contribution in [0, 0.1) is 5.41 Å². The van der Waals surface area contributed by atoms with Crippen LogP contribution in [0.5, 0.6) is 0 Å². The van der Waals surface area contributed by atoms with E-state index in [0.29, 0.717) is 24.4 Å². The van der Waals surface area contributed by atoms with Gasteiger partial charge in [0.15, 0.2) is 5.96 Å². The van der Waals surface area contributed by atoms with Crippen LogP contribution in [0.2, 0.25) is 0 Å². The molecule has 2 N–H and O–H groups in total. The van der Waals surface area contributed by atoms with E-state index in [1.165, 1.54) is 32.1 Å². The molecule has 6 heteroatoms. The monoisotopic (exact) mass is 371 g/mol. The van der Waals surface area contributed by atoms with Gasteiger partial charge in [-0.1, -0.05) is 19.3 Å². The van der Waals surface area contributed by atoms with Gasteiger partial charge in [0.1, 0.15) is 0 Å². The molecule has 0 aromatic rings. The zero-order chi connectivity index (χ0) is 18.5. The van der Waals surface area contributed by atoms with Crippen LogP contribution >= 0.6 is 0 Å². The molecule has 0 aromatic heterocycles. The van der Waals surface area contributed by atoms with Crippen LogP contribution in [0.3, 0.4) is 0 Å². The number of aliphatic imine (C=N–C) groups is 1. The summed E-state index contributed by atoms with van der Waals surface area (Å²) in [5.74, 6) is 1.47. The summed E-state index contributed by atoms with van der Waals surface area (Å²) in [5, 5.41) is 6.97. The van der Waals surface area contributed by atoms with Crippen LogP contribution in [0.4, 0.5) is 0 Å². The molecular formula is C19H37N3O2S. The Bertz CT molecular complexity index is 482. The van der Waals surface area contributed by atoms with E-state index in [-0.39, 0.29) is 10.2 Å². The Morgan fingerprint density at radius 3 is 2.52 bits per heavy atom. The SMILES string of the molecule is CCOC1CC(NC(=NC)NCCS(=O)C(C)(C)C)C12CCCCC2. The van der Waals surface area contributed by atoms with Gasteiger partial charge >= 0.3 is 0 Å². The van der Waals surface area contributed by atoms with Gasteiger partial charge in [-0.2, -0.15) is 0 Å². The molecule has 146 valence electrons. The maximum atomic E-state index is 12.2.